The molecule has 10 heteroatoms. The Hall–Kier alpha value is -3.95. The summed E-state index contributed by atoms with van der Waals surface area (Å²) >= 11 is 0. The summed E-state index contributed by atoms with van der Waals surface area (Å²) < 4.78 is 58.3. The first-order valence-electron chi connectivity index (χ1n) is 11.2. The molecule has 36 heavy (non-hydrogen) atoms. The van der Waals surface area contributed by atoms with Crippen molar-refractivity contribution in [2.45, 2.75) is 40.3 Å². The van der Waals surface area contributed by atoms with Crippen molar-refractivity contribution in [3.63, 3.8) is 0 Å². The van der Waals surface area contributed by atoms with Crippen LogP contribution in [0.15, 0.2) is 60.8 Å². The van der Waals surface area contributed by atoms with Gasteiger partial charge in [0.05, 0.1) is 11.3 Å². The highest BCUT2D eigenvalue weighted by atomic mass is 19.4. The van der Waals surface area contributed by atoms with Crippen molar-refractivity contribution in [2.24, 2.45) is 0 Å². The van der Waals surface area contributed by atoms with Crippen LogP contribution in [-0.4, -0.2) is 23.8 Å². The van der Waals surface area contributed by atoms with Crippen molar-refractivity contribution in [1.82, 2.24) is 10.3 Å². The molecule has 2 amide bonds. The fraction of sp³-hybridized carbons (Fsp3) is 0.269. The predicted octanol–water partition coefficient (Wildman–Crippen LogP) is 7.09. The van der Waals surface area contributed by atoms with E-state index in [0.717, 1.165) is 18.2 Å². The van der Waals surface area contributed by atoms with Crippen molar-refractivity contribution in [3.8, 4) is 11.5 Å². The minimum Gasteiger partial charge on any atom is -0.457 e. The molecule has 3 rings (SSSR count). The van der Waals surface area contributed by atoms with E-state index in [4.69, 9.17) is 4.74 Å². The first-order chi connectivity index (χ1) is 17.1. The van der Waals surface area contributed by atoms with Crippen LogP contribution in [0.4, 0.5) is 23.2 Å². The fourth-order valence-electron chi connectivity index (χ4n) is 2.55. The van der Waals surface area contributed by atoms with Gasteiger partial charge in [0, 0.05) is 30.9 Å². The van der Waals surface area contributed by atoms with E-state index in [-0.39, 0.29) is 28.4 Å². The molecule has 0 aliphatic heterocycles. The molecule has 6 nitrogen and oxygen atoms in total. The lowest BCUT2D eigenvalue weighted by Crippen LogP contribution is -2.18. The molecule has 0 spiro atoms. The van der Waals surface area contributed by atoms with Crippen LogP contribution in [0.25, 0.3) is 0 Å². The van der Waals surface area contributed by atoms with Crippen LogP contribution in [-0.2, 0) is 6.18 Å². The number of hydrogen-bond acceptors (Lipinski definition) is 4. The van der Waals surface area contributed by atoms with Crippen molar-refractivity contribution >= 4 is 17.5 Å². The van der Waals surface area contributed by atoms with Crippen LogP contribution in [0.2, 0.25) is 0 Å². The molecule has 0 atom stereocenters. The molecule has 0 aliphatic carbocycles. The number of hydrogen-bond donors (Lipinski definition) is 2. The maximum absolute atomic E-state index is 14.4. The normalized spacial score (nSPS) is 10.1. The van der Waals surface area contributed by atoms with Gasteiger partial charge in [0.15, 0.2) is 0 Å². The van der Waals surface area contributed by atoms with Gasteiger partial charge in [0.2, 0.25) is 0 Å². The van der Waals surface area contributed by atoms with E-state index in [1.54, 1.807) is 0 Å². The number of pyridine rings is 1. The second-order valence-electron chi connectivity index (χ2n) is 6.94. The zero-order valence-corrected chi connectivity index (χ0v) is 20.7. The van der Waals surface area contributed by atoms with Gasteiger partial charge in [0.1, 0.15) is 23.0 Å². The van der Waals surface area contributed by atoms with Gasteiger partial charge in [-0.25, -0.2) is 4.39 Å². The lowest BCUT2D eigenvalue weighted by atomic mass is 10.1. The van der Waals surface area contributed by atoms with Gasteiger partial charge in [0.25, 0.3) is 11.8 Å². The topological polar surface area (TPSA) is 80.3 Å². The van der Waals surface area contributed by atoms with E-state index in [0.29, 0.717) is 6.07 Å². The number of carbonyl (C=O) groups is 2. The molecule has 1 heterocycles. The van der Waals surface area contributed by atoms with Gasteiger partial charge in [-0.05, 0) is 36.4 Å². The Labute approximate surface area is 207 Å². The first-order valence-corrected chi connectivity index (χ1v) is 11.2. The number of halogens is 4. The van der Waals surface area contributed by atoms with Gasteiger partial charge in [-0.15, -0.1) is 0 Å². The highest BCUT2D eigenvalue weighted by molar-refractivity contribution is 6.04. The molecule has 1 aromatic heterocycles. The number of aromatic nitrogens is 1. The lowest BCUT2D eigenvalue weighted by Gasteiger charge is -2.11. The van der Waals surface area contributed by atoms with Crippen molar-refractivity contribution in [3.05, 3.63) is 83.4 Å². The molecule has 0 unspecified atom stereocenters. The monoisotopic (exact) mass is 507 g/mol. The highest BCUT2D eigenvalue weighted by Gasteiger charge is 2.31. The third-order valence-corrected chi connectivity index (χ3v) is 4.07. The average Bonchev–Trinajstić information content (AvgIpc) is 2.86. The van der Waals surface area contributed by atoms with E-state index in [1.807, 2.05) is 13.8 Å². The number of rotatable bonds is 5. The molecule has 0 saturated carbocycles. The molecule has 0 aliphatic rings. The van der Waals surface area contributed by atoms with Crippen molar-refractivity contribution in [2.75, 3.05) is 12.4 Å². The van der Waals surface area contributed by atoms with Crippen LogP contribution in [0.3, 0.4) is 0 Å². The van der Waals surface area contributed by atoms with Crippen LogP contribution in [0.1, 0.15) is 60.5 Å². The summed E-state index contributed by atoms with van der Waals surface area (Å²) in [6.45, 7) is 8.25. The Balaban J connectivity index is 0.00000120. The maximum atomic E-state index is 14.4. The second kappa shape index (κ2) is 14.4. The number of anilines is 1. The standard InChI is InChI=1S/C21H15F4N3O3.C3H8.C2H6/c1-26-20(30)18-11-15(7-8-27-18)31-14-5-6-17(16(22)10-14)28-19(29)12-3-2-4-13(9-12)21(23,24)25;1-3-2;1-2/h2-11H,1H3,(H,26,30)(H,28,29);3H2,1-2H3;1-2H3. The number of nitrogens with zero attached hydrogens (tertiary/aromatic N) is 1. The van der Waals surface area contributed by atoms with E-state index < -0.39 is 29.4 Å². The van der Waals surface area contributed by atoms with E-state index >= 15 is 0 Å². The smallest absolute Gasteiger partial charge is 0.416 e. The van der Waals surface area contributed by atoms with Gasteiger partial charge < -0.3 is 15.4 Å². The number of ether oxygens (including phenoxy) is 1. The van der Waals surface area contributed by atoms with E-state index in [2.05, 4.69) is 29.5 Å². The van der Waals surface area contributed by atoms with Crippen LogP contribution in [0.5, 0.6) is 11.5 Å². The van der Waals surface area contributed by atoms with E-state index in [1.165, 1.54) is 50.0 Å². The van der Waals surface area contributed by atoms with Crippen LogP contribution in [0, 0.1) is 5.82 Å². The summed E-state index contributed by atoms with van der Waals surface area (Å²) in [5.41, 5.74) is -1.40. The van der Waals surface area contributed by atoms with Gasteiger partial charge in [-0.2, -0.15) is 13.2 Å². The molecular weight excluding hydrogens is 478 g/mol. The average molecular weight is 508 g/mol. The molecule has 0 fully saturated rings. The summed E-state index contributed by atoms with van der Waals surface area (Å²) in [6.07, 6.45) is -2.01. The highest BCUT2D eigenvalue weighted by Crippen LogP contribution is 2.30. The molecule has 0 bridgehead atoms. The van der Waals surface area contributed by atoms with Gasteiger partial charge in [-0.3, -0.25) is 14.6 Å². The minimum atomic E-state index is -4.61. The largest absolute Gasteiger partial charge is 0.457 e. The Morgan fingerprint density at radius 2 is 1.58 bits per heavy atom. The second-order valence-corrected chi connectivity index (χ2v) is 6.94. The lowest BCUT2D eigenvalue weighted by molar-refractivity contribution is -0.137. The zero-order valence-electron chi connectivity index (χ0n) is 20.7. The number of amides is 2. The van der Waals surface area contributed by atoms with Crippen molar-refractivity contribution < 1.29 is 31.9 Å². The van der Waals surface area contributed by atoms with Gasteiger partial charge >= 0.3 is 6.18 Å². The molecule has 2 aromatic carbocycles. The summed E-state index contributed by atoms with van der Waals surface area (Å²) in [5.74, 6) is -1.89. The number of alkyl halides is 3. The molecule has 0 radical (unpaired) electrons. The Morgan fingerprint density at radius 3 is 2.17 bits per heavy atom. The fourth-order valence-corrected chi connectivity index (χ4v) is 2.55. The van der Waals surface area contributed by atoms with Crippen molar-refractivity contribution in [1.29, 1.82) is 0 Å². The number of benzene rings is 2. The molecular formula is C26H29F4N3O3. The summed E-state index contributed by atoms with van der Waals surface area (Å²) in [6, 6.07) is 10.2. The molecule has 194 valence electrons. The summed E-state index contributed by atoms with van der Waals surface area (Å²) in [4.78, 5) is 27.7. The summed E-state index contributed by atoms with van der Waals surface area (Å²) in [5, 5.41) is 4.64. The van der Waals surface area contributed by atoms with Crippen LogP contribution >= 0.6 is 0 Å². The Morgan fingerprint density at radius 1 is 0.944 bits per heavy atom. The van der Waals surface area contributed by atoms with Crippen LogP contribution < -0.4 is 15.4 Å². The summed E-state index contributed by atoms with van der Waals surface area (Å²) in [7, 11) is 1.44. The van der Waals surface area contributed by atoms with E-state index in [9.17, 15) is 27.2 Å². The first kappa shape index (κ1) is 30.1. The quantitative estimate of drug-likeness (QED) is 0.362. The number of nitrogens with one attached hydrogen (secondary N) is 2. The maximum Gasteiger partial charge on any atom is 0.416 e. The Bertz CT molecular complexity index is 1150. The molecule has 3 aromatic rings. The predicted molar refractivity (Wildman–Crippen MR) is 131 cm³/mol. The molecule has 0 saturated heterocycles. The van der Waals surface area contributed by atoms with Gasteiger partial charge in [-0.1, -0.05) is 40.2 Å². The third kappa shape index (κ3) is 9.01. The molecule has 2 N–H and O–H groups in total. The Kier molecular flexibility index (Phi) is 12.1. The SMILES string of the molecule is CC.CCC.CNC(=O)c1cc(Oc2ccc(NC(=O)c3cccc(C(F)(F)F)c3)c(F)c2)ccn1. The number of carbonyl (C=O) groups excluding carboxylic acids is 2. The zero-order chi connectivity index (χ0) is 27.3. The third-order valence-electron chi connectivity index (χ3n) is 4.07. The minimum absolute atomic E-state index is 0.0728.